The zero-order valence-electron chi connectivity index (χ0n) is 8.79. The van der Waals surface area contributed by atoms with Crippen LogP contribution in [0.5, 0.6) is 0 Å². The lowest BCUT2D eigenvalue weighted by atomic mass is 10.2. The van der Waals surface area contributed by atoms with Crippen molar-refractivity contribution in [2.45, 2.75) is 12.8 Å². The zero-order chi connectivity index (χ0) is 12.3. The van der Waals surface area contributed by atoms with Gasteiger partial charge in [0.05, 0.1) is 5.02 Å². The molecular formula is C11H9Cl2FN2O. The molecule has 1 heterocycles. The molecular weight excluding hydrogens is 266 g/mol. The molecule has 3 nitrogen and oxygen atoms in total. The fourth-order valence-corrected chi connectivity index (χ4v) is 1.64. The van der Waals surface area contributed by atoms with E-state index in [2.05, 4.69) is 10.1 Å². The van der Waals surface area contributed by atoms with E-state index >= 15 is 0 Å². The molecule has 0 amide bonds. The van der Waals surface area contributed by atoms with Gasteiger partial charge in [0.2, 0.25) is 11.7 Å². The summed E-state index contributed by atoms with van der Waals surface area (Å²) >= 11 is 11.2. The van der Waals surface area contributed by atoms with Crippen LogP contribution in [0.2, 0.25) is 5.02 Å². The minimum atomic E-state index is -0.471. The molecule has 0 saturated heterocycles. The van der Waals surface area contributed by atoms with Gasteiger partial charge in [0, 0.05) is 17.9 Å². The lowest BCUT2D eigenvalue weighted by Gasteiger charge is -1.96. The Bertz CT molecular complexity index is 516. The van der Waals surface area contributed by atoms with Crippen molar-refractivity contribution in [3.8, 4) is 11.4 Å². The largest absolute Gasteiger partial charge is 0.339 e. The van der Waals surface area contributed by atoms with E-state index in [9.17, 15) is 4.39 Å². The van der Waals surface area contributed by atoms with E-state index in [1.165, 1.54) is 12.1 Å². The van der Waals surface area contributed by atoms with Gasteiger partial charge in [-0.15, -0.1) is 11.6 Å². The van der Waals surface area contributed by atoms with Crippen LogP contribution in [0.25, 0.3) is 11.4 Å². The van der Waals surface area contributed by atoms with E-state index in [1.54, 1.807) is 6.07 Å². The Hall–Kier alpha value is -1.13. The second kappa shape index (κ2) is 5.47. The molecule has 0 atom stereocenters. The van der Waals surface area contributed by atoms with Crippen molar-refractivity contribution in [3.63, 3.8) is 0 Å². The maximum absolute atomic E-state index is 13.0. The summed E-state index contributed by atoms with van der Waals surface area (Å²) in [4.78, 5) is 4.17. The highest BCUT2D eigenvalue weighted by Crippen LogP contribution is 2.22. The van der Waals surface area contributed by atoms with Gasteiger partial charge in [-0.3, -0.25) is 0 Å². The van der Waals surface area contributed by atoms with Gasteiger partial charge in [0.15, 0.2) is 0 Å². The number of alkyl halides is 1. The molecule has 0 aliphatic rings. The van der Waals surface area contributed by atoms with Gasteiger partial charge >= 0.3 is 0 Å². The second-order valence-corrected chi connectivity index (χ2v) is 4.22. The first-order valence-corrected chi connectivity index (χ1v) is 5.96. The summed E-state index contributed by atoms with van der Waals surface area (Å²) in [6.07, 6.45) is 1.40. The minimum Gasteiger partial charge on any atom is -0.339 e. The molecule has 0 bridgehead atoms. The van der Waals surface area contributed by atoms with Gasteiger partial charge in [-0.25, -0.2) is 4.39 Å². The van der Waals surface area contributed by atoms with Gasteiger partial charge < -0.3 is 4.52 Å². The Morgan fingerprint density at radius 2 is 2.18 bits per heavy atom. The van der Waals surface area contributed by atoms with Crippen LogP contribution in [-0.4, -0.2) is 16.0 Å². The van der Waals surface area contributed by atoms with Gasteiger partial charge in [-0.2, -0.15) is 4.98 Å². The van der Waals surface area contributed by atoms with Gasteiger partial charge in [-0.1, -0.05) is 16.8 Å². The third kappa shape index (κ3) is 2.96. The van der Waals surface area contributed by atoms with Crippen molar-refractivity contribution < 1.29 is 8.91 Å². The number of aromatic nitrogens is 2. The zero-order valence-corrected chi connectivity index (χ0v) is 10.3. The predicted octanol–water partition coefficient (Wildman–Crippen LogP) is 3.70. The van der Waals surface area contributed by atoms with Gasteiger partial charge in [0.25, 0.3) is 0 Å². The summed E-state index contributed by atoms with van der Waals surface area (Å²) in [5.41, 5.74) is 0.622. The number of hydrogen-bond donors (Lipinski definition) is 0. The second-order valence-electron chi connectivity index (χ2n) is 3.43. The van der Waals surface area contributed by atoms with Crippen LogP contribution in [0, 0.1) is 5.82 Å². The SMILES string of the molecule is Fc1ccc(-c2noc(CCCCl)n2)cc1Cl. The third-order valence-electron chi connectivity index (χ3n) is 2.17. The van der Waals surface area contributed by atoms with Crippen molar-refractivity contribution in [3.05, 3.63) is 34.9 Å². The first-order valence-electron chi connectivity index (χ1n) is 5.04. The van der Waals surface area contributed by atoms with E-state index in [0.717, 1.165) is 6.42 Å². The maximum atomic E-state index is 13.0. The molecule has 0 aliphatic heterocycles. The molecule has 2 rings (SSSR count). The fraction of sp³-hybridized carbons (Fsp3) is 0.273. The minimum absolute atomic E-state index is 0.0367. The molecule has 0 N–H and O–H groups in total. The number of halogens is 3. The first-order chi connectivity index (χ1) is 8.20. The van der Waals surface area contributed by atoms with Crippen molar-refractivity contribution in [2.75, 3.05) is 5.88 Å². The smallest absolute Gasteiger partial charge is 0.227 e. The summed E-state index contributed by atoms with van der Waals surface area (Å²) in [6, 6.07) is 4.29. The molecule has 1 aromatic heterocycles. The van der Waals surface area contributed by atoms with Crippen LogP contribution in [-0.2, 0) is 6.42 Å². The van der Waals surface area contributed by atoms with Gasteiger partial charge in [-0.05, 0) is 24.6 Å². The molecule has 0 unspecified atom stereocenters. The van der Waals surface area contributed by atoms with Crippen LogP contribution in [0.1, 0.15) is 12.3 Å². The number of benzene rings is 1. The lowest BCUT2D eigenvalue weighted by Crippen LogP contribution is -1.87. The normalized spacial score (nSPS) is 10.8. The molecule has 90 valence electrons. The average Bonchev–Trinajstić information content (AvgIpc) is 2.79. The van der Waals surface area contributed by atoms with Crippen LogP contribution >= 0.6 is 23.2 Å². The summed E-state index contributed by atoms with van der Waals surface area (Å²) < 4.78 is 18.0. The average molecular weight is 275 g/mol. The Kier molecular flexibility index (Phi) is 3.97. The quantitative estimate of drug-likeness (QED) is 0.798. The molecule has 1 aromatic carbocycles. The van der Waals surface area contributed by atoms with Crippen LogP contribution in [0.4, 0.5) is 4.39 Å². The monoisotopic (exact) mass is 274 g/mol. The van der Waals surface area contributed by atoms with Crippen LogP contribution < -0.4 is 0 Å². The van der Waals surface area contributed by atoms with Crippen molar-refractivity contribution in [2.24, 2.45) is 0 Å². The standard InChI is InChI=1S/C11H9Cl2FN2O/c12-5-1-2-10-15-11(16-17-10)7-3-4-9(14)8(13)6-7/h3-4,6H,1-2,5H2. The fourth-order valence-electron chi connectivity index (χ4n) is 1.33. The topological polar surface area (TPSA) is 38.9 Å². The number of nitrogens with zero attached hydrogens (tertiary/aromatic N) is 2. The highest BCUT2D eigenvalue weighted by molar-refractivity contribution is 6.31. The molecule has 0 radical (unpaired) electrons. The molecule has 2 aromatic rings. The Balaban J connectivity index is 2.21. The first kappa shape index (κ1) is 12.3. The Morgan fingerprint density at radius 1 is 1.35 bits per heavy atom. The van der Waals surface area contributed by atoms with E-state index in [4.69, 9.17) is 27.7 Å². The van der Waals surface area contributed by atoms with Gasteiger partial charge in [0.1, 0.15) is 5.82 Å². The predicted molar refractivity (Wildman–Crippen MR) is 63.7 cm³/mol. The molecule has 0 fully saturated rings. The van der Waals surface area contributed by atoms with Crippen molar-refractivity contribution in [1.82, 2.24) is 10.1 Å². The van der Waals surface area contributed by atoms with Crippen molar-refractivity contribution in [1.29, 1.82) is 0 Å². The van der Waals surface area contributed by atoms with E-state index in [-0.39, 0.29) is 5.02 Å². The highest BCUT2D eigenvalue weighted by Gasteiger charge is 2.10. The molecule has 0 aliphatic carbocycles. The van der Waals surface area contributed by atoms with E-state index < -0.39 is 5.82 Å². The molecule has 17 heavy (non-hydrogen) atoms. The summed E-state index contributed by atoms with van der Waals surface area (Å²) in [5.74, 6) is 0.985. The summed E-state index contributed by atoms with van der Waals surface area (Å²) in [5, 5.41) is 3.84. The Morgan fingerprint density at radius 3 is 2.88 bits per heavy atom. The molecule has 0 saturated carbocycles. The van der Waals surface area contributed by atoms with E-state index in [0.29, 0.717) is 29.6 Å². The number of rotatable bonds is 4. The molecule has 0 spiro atoms. The summed E-state index contributed by atoms with van der Waals surface area (Å²) in [7, 11) is 0. The summed E-state index contributed by atoms with van der Waals surface area (Å²) in [6.45, 7) is 0. The third-order valence-corrected chi connectivity index (χ3v) is 2.73. The molecule has 6 heteroatoms. The lowest BCUT2D eigenvalue weighted by molar-refractivity contribution is 0.378. The maximum Gasteiger partial charge on any atom is 0.227 e. The number of aryl methyl sites for hydroxylation is 1. The van der Waals surface area contributed by atoms with E-state index in [1.807, 2.05) is 0 Å². The number of hydrogen-bond acceptors (Lipinski definition) is 3. The Labute approximate surface area is 108 Å². The van der Waals surface area contributed by atoms with Crippen LogP contribution in [0.3, 0.4) is 0 Å². The van der Waals surface area contributed by atoms with Crippen LogP contribution in [0.15, 0.2) is 22.7 Å². The van der Waals surface area contributed by atoms with Crippen molar-refractivity contribution >= 4 is 23.2 Å². The highest BCUT2D eigenvalue weighted by atomic mass is 35.5.